The Morgan fingerprint density at radius 3 is 2.15 bits per heavy atom. The highest BCUT2D eigenvalue weighted by Crippen LogP contribution is 2.36. The molecule has 0 fully saturated rings. The summed E-state index contributed by atoms with van der Waals surface area (Å²) in [5.74, 6) is -0.340. The van der Waals surface area contributed by atoms with Crippen molar-refractivity contribution in [3.63, 3.8) is 0 Å². The quantitative estimate of drug-likeness (QED) is 0.551. The minimum Gasteiger partial charge on any atom is -0.340 e. The van der Waals surface area contributed by atoms with Gasteiger partial charge in [-0.1, -0.05) is 66.7 Å². The summed E-state index contributed by atoms with van der Waals surface area (Å²) in [5, 5.41) is -0.379. The molecule has 1 amide bonds. The van der Waals surface area contributed by atoms with Gasteiger partial charge in [-0.3, -0.25) is 4.79 Å². The Kier molecular flexibility index (Phi) is 6.08. The van der Waals surface area contributed by atoms with Crippen molar-refractivity contribution in [2.24, 2.45) is 0 Å². The number of benzene rings is 3. The number of hydrogen-bond acceptors (Lipinski definition) is 2. The van der Waals surface area contributed by atoms with Gasteiger partial charge in [0.25, 0.3) is 0 Å². The Morgan fingerprint density at radius 2 is 1.50 bits per heavy atom. The molecule has 132 valence electrons. The van der Waals surface area contributed by atoms with E-state index in [0.717, 1.165) is 10.5 Å². The molecule has 0 aliphatic heterocycles. The SMILES string of the molecule is CN(Cc1ccccc1F)C(=O)C(Sc1ccccc1)c1ccccc1. The summed E-state index contributed by atoms with van der Waals surface area (Å²) in [6.07, 6.45) is 0. The van der Waals surface area contributed by atoms with E-state index in [1.54, 1.807) is 30.1 Å². The first-order chi connectivity index (χ1) is 12.6. The summed E-state index contributed by atoms with van der Waals surface area (Å²) < 4.78 is 13.9. The van der Waals surface area contributed by atoms with E-state index in [1.807, 2.05) is 60.7 Å². The van der Waals surface area contributed by atoms with Crippen LogP contribution in [-0.2, 0) is 11.3 Å². The molecule has 3 aromatic rings. The Morgan fingerprint density at radius 1 is 0.923 bits per heavy atom. The maximum absolute atomic E-state index is 13.9. The second-order valence-corrected chi connectivity index (χ2v) is 7.19. The number of carbonyl (C=O) groups is 1. The van der Waals surface area contributed by atoms with Crippen LogP contribution < -0.4 is 0 Å². The number of hydrogen-bond donors (Lipinski definition) is 0. The molecule has 0 bridgehead atoms. The molecule has 4 heteroatoms. The van der Waals surface area contributed by atoms with Crippen LogP contribution >= 0.6 is 11.8 Å². The molecule has 0 saturated heterocycles. The monoisotopic (exact) mass is 365 g/mol. The van der Waals surface area contributed by atoms with Gasteiger partial charge >= 0.3 is 0 Å². The lowest BCUT2D eigenvalue weighted by Gasteiger charge is -2.24. The number of carbonyl (C=O) groups excluding carboxylic acids is 1. The van der Waals surface area contributed by atoms with Gasteiger partial charge in [0.1, 0.15) is 11.1 Å². The van der Waals surface area contributed by atoms with Crippen LogP contribution in [0.15, 0.2) is 89.8 Å². The molecule has 1 atom stereocenters. The maximum Gasteiger partial charge on any atom is 0.240 e. The van der Waals surface area contributed by atoms with E-state index in [-0.39, 0.29) is 23.5 Å². The lowest BCUT2D eigenvalue weighted by molar-refractivity contribution is -0.130. The highest BCUT2D eigenvalue weighted by molar-refractivity contribution is 8.00. The molecule has 0 aliphatic rings. The fraction of sp³-hybridized carbons (Fsp3) is 0.136. The van der Waals surface area contributed by atoms with E-state index in [0.29, 0.717) is 5.56 Å². The van der Waals surface area contributed by atoms with Crippen LogP contribution in [-0.4, -0.2) is 17.9 Å². The summed E-state index contributed by atoms with van der Waals surface area (Å²) in [7, 11) is 1.72. The van der Waals surface area contributed by atoms with E-state index < -0.39 is 0 Å². The second-order valence-electron chi connectivity index (χ2n) is 6.01. The fourth-order valence-corrected chi connectivity index (χ4v) is 3.84. The summed E-state index contributed by atoms with van der Waals surface area (Å²) >= 11 is 1.51. The zero-order chi connectivity index (χ0) is 18.4. The number of amides is 1. The van der Waals surface area contributed by atoms with E-state index in [9.17, 15) is 9.18 Å². The Balaban J connectivity index is 1.83. The number of thioether (sulfide) groups is 1. The average Bonchev–Trinajstić information content (AvgIpc) is 2.69. The summed E-state index contributed by atoms with van der Waals surface area (Å²) in [4.78, 5) is 15.8. The van der Waals surface area contributed by atoms with Crippen molar-refractivity contribution in [1.82, 2.24) is 4.90 Å². The Bertz CT molecular complexity index is 854. The first-order valence-corrected chi connectivity index (χ1v) is 9.28. The molecule has 0 radical (unpaired) electrons. The fourth-order valence-electron chi connectivity index (χ4n) is 2.68. The third-order valence-electron chi connectivity index (χ3n) is 4.07. The predicted molar refractivity (Wildman–Crippen MR) is 104 cm³/mol. The third-order valence-corrected chi connectivity index (χ3v) is 5.32. The van der Waals surface area contributed by atoms with Crippen molar-refractivity contribution in [3.05, 3.63) is 102 Å². The van der Waals surface area contributed by atoms with Gasteiger partial charge in [-0.2, -0.15) is 0 Å². The third kappa shape index (κ3) is 4.52. The van der Waals surface area contributed by atoms with E-state index in [4.69, 9.17) is 0 Å². The minimum absolute atomic E-state index is 0.0479. The smallest absolute Gasteiger partial charge is 0.240 e. The van der Waals surface area contributed by atoms with Crippen LogP contribution in [0.5, 0.6) is 0 Å². The molecule has 0 spiro atoms. The van der Waals surface area contributed by atoms with Crippen molar-refractivity contribution in [1.29, 1.82) is 0 Å². The van der Waals surface area contributed by atoms with Crippen LogP contribution in [0.25, 0.3) is 0 Å². The predicted octanol–water partition coefficient (Wildman–Crippen LogP) is 5.32. The van der Waals surface area contributed by atoms with Crippen LogP contribution in [0.4, 0.5) is 4.39 Å². The van der Waals surface area contributed by atoms with Gasteiger partial charge in [0, 0.05) is 24.1 Å². The molecule has 0 saturated carbocycles. The molecule has 3 aromatic carbocycles. The zero-order valence-corrected chi connectivity index (χ0v) is 15.3. The zero-order valence-electron chi connectivity index (χ0n) is 14.5. The lowest BCUT2D eigenvalue weighted by Crippen LogP contribution is -2.30. The molecule has 3 rings (SSSR count). The summed E-state index contributed by atoms with van der Waals surface area (Å²) in [6.45, 7) is 0.240. The topological polar surface area (TPSA) is 20.3 Å². The first-order valence-electron chi connectivity index (χ1n) is 8.40. The molecule has 0 heterocycles. The van der Waals surface area contributed by atoms with Crippen LogP contribution in [0.2, 0.25) is 0 Å². The highest BCUT2D eigenvalue weighted by Gasteiger charge is 2.25. The Hall–Kier alpha value is -2.59. The van der Waals surface area contributed by atoms with Crippen LogP contribution in [0.1, 0.15) is 16.4 Å². The second kappa shape index (κ2) is 8.68. The molecule has 1 unspecified atom stereocenters. The van der Waals surface area contributed by atoms with Gasteiger partial charge in [0.2, 0.25) is 5.91 Å². The van der Waals surface area contributed by atoms with E-state index in [1.165, 1.54) is 17.8 Å². The van der Waals surface area contributed by atoms with Crippen molar-refractivity contribution in [3.8, 4) is 0 Å². The molecule has 0 aliphatic carbocycles. The van der Waals surface area contributed by atoms with Crippen molar-refractivity contribution >= 4 is 17.7 Å². The number of nitrogens with zero attached hydrogens (tertiary/aromatic N) is 1. The number of halogens is 1. The van der Waals surface area contributed by atoms with Crippen molar-refractivity contribution < 1.29 is 9.18 Å². The Labute approximate surface area is 157 Å². The number of likely N-dealkylation sites (N-methyl/N-ethyl adjacent to an activating group) is 1. The van der Waals surface area contributed by atoms with Gasteiger partial charge in [-0.05, 0) is 23.8 Å². The average molecular weight is 365 g/mol. The van der Waals surface area contributed by atoms with Gasteiger partial charge in [-0.25, -0.2) is 4.39 Å². The highest BCUT2D eigenvalue weighted by atomic mass is 32.2. The van der Waals surface area contributed by atoms with E-state index >= 15 is 0 Å². The summed E-state index contributed by atoms with van der Waals surface area (Å²) in [5.41, 5.74) is 1.45. The molecule has 26 heavy (non-hydrogen) atoms. The van der Waals surface area contributed by atoms with Gasteiger partial charge in [0.05, 0.1) is 0 Å². The molecule has 0 aromatic heterocycles. The van der Waals surface area contributed by atoms with Crippen LogP contribution in [0, 0.1) is 5.82 Å². The first kappa shape index (κ1) is 18.2. The van der Waals surface area contributed by atoms with Crippen molar-refractivity contribution in [2.45, 2.75) is 16.7 Å². The maximum atomic E-state index is 13.9. The van der Waals surface area contributed by atoms with Gasteiger partial charge < -0.3 is 4.90 Å². The molecular formula is C22H20FNOS. The lowest BCUT2D eigenvalue weighted by atomic mass is 10.1. The van der Waals surface area contributed by atoms with Gasteiger partial charge in [-0.15, -0.1) is 11.8 Å². The van der Waals surface area contributed by atoms with Gasteiger partial charge in [0.15, 0.2) is 0 Å². The minimum atomic E-state index is -0.379. The molecule has 0 N–H and O–H groups in total. The summed E-state index contributed by atoms with van der Waals surface area (Å²) in [6, 6.07) is 26.1. The normalized spacial score (nSPS) is 11.8. The number of rotatable bonds is 6. The van der Waals surface area contributed by atoms with Crippen LogP contribution in [0.3, 0.4) is 0 Å². The molecule has 2 nitrogen and oxygen atoms in total. The standard InChI is InChI=1S/C22H20FNOS/c1-24(16-18-12-8-9-15-20(18)23)22(25)21(17-10-4-2-5-11-17)26-19-13-6-3-7-14-19/h2-15,21H,16H2,1H3. The largest absolute Gasteiger partial charge is 0.340 e. The van der Waals surface area contributed by atoms with E-state index in [2.05, 4.69) is 0 Å². The molecular weight excluding hydrogens is 345 g/mol. The van der Waals surface area contributed by atoms with Crippen molar-refractivity contribution in [2.75, 3.05) is 7.05 Å².